The second-order valence-electron chi connectivity index (χ2n) is 5.90. The highest BCUT2D eigenvalue weighted by atomic mass is 16.6. The van der Waals surface area contributed by atoms with Crippen molar-refractivity contribution in [3.63, 3.8) is 0 Å². The zero-order valence-corrected chi connectivity index (χ0v) is 10.5. The van der Waals surface area contributed by atoms with E-state index in [9.17, 15) is 14.7 Å². The third kappa shape index (κ3) is 2.23. The zero-order valence-electron chi connectivity index (χ0n) is 10.5. The van der Waals surface area contributed by atoms with Crippen molar-refractivity contribution >= 4 is 12.1 Å². The van der Waals surface area contributed by atoms with Crippen molar-refractivity contribution in [3.8, 4) is 0 Å². The highest BCUT2D eigenvalue weighted by Gasteiger charge is 2.52. The molecule has 2 fully saturated rings. The predicted octanol–water partition coefficient (Wildman–Crippen LogP) is 1.86. The van der Waals surface area contributed by atoms with Crippen LogP contribution in [0.4, 0.5) is 4.79 Å². The number of aliphatic carboxylic acids is 1. The normalized spacial score (nSPS) is 31.7. The van der Waals surface area contributed by atoms with Crippen molar-refractivity contribution in [2.45, 2.75) is 57.7 Å². The van der Waals surface area contributed by atoms with E-state index in [0.717, 1.165) is 19.3 Å². The largest absolute Gasteiger partial charge is 0.480 e. The molecule has 2 bridgehead atoms. The molecule has 17 heavy (non-hydrogen) atoms. The number of amides is 1. The van der Waals surface area contributed by atoms with E-state index >= 15 is 0 Å². The Morgan fingerprint density at radius 3 is 2.47 bits per heavy atom. The van der Waals surface area contributed by atoms with Crippen LogP contribution in [0.2, 0.25) is 0 Å². The van der Waals surface area contributed by atoms with E-state index in [1.54, 1.807) is 20.8 Å². The highest BCUT2D eigenvalue weighted by Crippen LogP contribution is 2.43. The van der Waals surface area contributed by atoms with Gasteiger partial charge < -0.3 is 9.84 Å². The molecular weight excluding hydrogens is 222 g/mol. The van der Waals surface area contributed by atoms with Gasteiger partial charge in [-0.05, 0) is 46.0 Å². The fraction of sp³-hybridized carbons (Fsp3) is 0.833. The van der Waals surface area contributed by atoms with Gasteiger partial charge in [-0.25, -0.2) is 9.59 Å². The first-order chi connectivity index (χ1) is 7.79. The first-order valence-electron chi connectivity index (χ1n) is 6.04. The van der Waals surface area contributed by atoms with Crippen LogP contribution in [-0.2, 0) is 9.53 Å². The SMILES string of the molecule is CC(C)(C)OC(=O)N1[C@@H]2CC[C@H](C2)[C@@H]1C(=O)O. The van der Waals surface area contributed by atoms with E-state index in [2.05, 4.69) is 0 Å². The highest BCUT2D eigenvalue weighted by molar-refractivity contribution is 5.82. The Morgan fingerprint density at radius 2 is 1.94 bits per heavy atom. The maximum absolute atomic E-state index is 12.0. The summed E-state index contributed by atoms with van der Waals surface area (Å²) in [6.07, 6.45) is 2.11. The first kappa shape index (κ1) is 12.2. The van der Waals surface area contributed by atoms with Gasteiger partial charge in [-0.15, -0.1) is 0 Å². The van der Waals surface area contributed by atoms with Gasteiger partial charge in [0, 0.05) is 6.04 Å². The summed E-state index contributed by atoms with van der Waals surface area (Å²) in [4.78, 5) is 24.7. The van der Waals surface area contributed by atoms with Crippen LogP contribution in [0.25, 0.3) is 0 Å². The van der Waals surface area contributed by atoms with Crippen molar-refractivity contribution < 1.29 is 19.4 Å². The van der Waals surface area contributed by atoms with E-state index in [4.69, 9.17) is 4.74 Å². The van der Waals surface area contributed by atoms with Gasteiger partial charge in [0.25, 0.3) is 0 Å². The van der Waals surface area contributed by atoms with Crippen LogP contribution in [0.1, 0.15) is 40.0 Å². The summed E-state index contributed by atoms with van der Waals surface area (Å²) < 4.78 is 5.28. The molecule has 1 aliphatic heterocycles. The molecule has 0 spiro atoms. The minimum atomic E-state index is -0.914. The van der Waals surface area contributed by atoms with E-state index in [1.807, 2.05) is 0 Å². The zero-order chi connectivity index (χ0) is 12.8. The Labute approximate surface area is 101 Å². The minimum absolute atomic E-state index is 0.0518. The van der Waals surface area contributed by atoms with Gasteiger partial charge in [0.05, 0.1) is 0 Å². The number of hydrogen-bond donors (Lipinski definition) is 1. The molecule has 5 nitrogen and oxygen atoms in total. The van der Waals surface area contributed by atoms with Crippen molar-refractivity contribution in [2.24, 2.45) is 5.92 Å². The van der Waals surface area contributed by atoms with Gasteiger partial charge in [-0.1, -0.05) is 0 Å². The van der Waals surface area contributed by atoms with Gasteiger partial charge in [-0.3, -0.25) is 4.90 Å². The number of carboxylic acids is 1. The molecule has 5 heteroatoms. The number of rotatable bonds is 1. The number of fused-ring (bicyclic) bond motifs is 2. The summed E-state index contributed by atoms with van der Waals surface area (Å²) in [7, 11) is 0. The second kappa shape index (κ2) is 3.89. The number of likely N-dealkylation sites (tertiary alicyclic amines) is 1. The molecular formula is C12H19NO4. The lowest BCUT2D eigenvalue weighted by Gasteiger charge is -2.34. The fourth-order valence-electron chi connectivity index (χ4n) is 2.88. The molecule has 1 saturated carbocycles. The smallest absolute Gasteiger partial charge is 0.411 e. The van der Waals surface area contributed by atoms with E-state index in [-0.39, 0.29) is 12.0 Å². The van der Waals surface area contributed by atoms with Crippen LogP contribution in [0.3, 0.4) is 0 Å². The number of hydrogen-bond acceptors (Lipinski definition) is 3. The molecule has 0 aromatic heterocycles. The number of carbonyl (C=O) groups is 2. The summed E-state index contributed by atoms with van der Waals surface area (Å²) >= 11 is 0. The summed E-state index contributed by atoms with van der Waals surface area (Å²) in [5.41, 5.74) is -0.581. The summed E-state index contributed by atoms with van der Waals surface area (Å²) in [5.74, 6) is -0.812. The first-order valence-corrected chi connectivity index (χ1v) is 6.04. The molecule has 1 saturated heterocycles. The average Bonchev–Trinajstić information content (AvgIpc) is 2.72. The summed E-state index contributed by atoms with van der Waals surface area (Å²) in [5, 5.41) is 9.20. The van der Waals surface area contributed by atoms with Crippen LogP contribution in [0.5, 0.6) is 0 Å². The number of ether oxygens (including phenoxy) is 1. The van der Waals surface area contributed by atoms with Gasteiger partial charge in [0.15, 0.2) is 0 Å². The van der Waals surface area contributed by atoms with Gasteiger partial charge in [0.1, 0.15) is 11.6 Å². The lowest BCUT2D eigenvalue weighted by molar-refractivity contribution is -0.144. The van der Waals surface area contributed by atoms with Crippen molar-refractivity contribution in [1.82, 2.24) is 4.90 Å². The van der Waals surface area contributed by atoms with Crippen LogP contribution < -0.4 is 0 Å². The number of carboxylic acid groups (broad SMARTS) is 1. The van der Waals surface area contributed by atoms with E-state index < -0.39 is 23.7 Å². The molecule has 1 amide bonds. The van der Waals surface area contributed by atoms with Gasteiger partial charge >= 0.3 is 12.1 Å². The molecule has 1 aliphatic carbocycles. The van der Waals surface area contributed by atoms with E-state index in [0.29, 0.717) is 0 Å². The molecule has 0 aromatic carbocycles. The molecule has 0 radical (unpaired) electrons. The molecule has 3 atom stereocenters. The molecule has 0 unspecified atom stereocenters. The number of carbonyl (C=O) groups excluding carboxylic acids is 1. The lowest BCUT2D eigenvalue weighted by Crippen LogP contribution is -2.50. The third-order valence-electron chi connectivity index (χ3n) is 3.44. The average molecular weight is 241 g/mol. The Balaban J connectivity index is 2.14. The van der Waals surface area contributed by atoms with Gasteiger partial charge in [-0.2, -0.15) is 0 Å². The maximum atomic E-state index is 12.0. The predicted molar refractivity (Wildman–Crippen MR) is 60.6 cm³/mol. The Kier molecular flexibility index (Phi) is 2.79. The molecule has 0 aromatic rings. The topological polar surface area (TPSA) is 66.8 Å². The lowest BCUT2D eigenvalue weighted by atomic mass is 9.99. The summed E-state index contributed by atoms with van der Waals surface area (Å²) in [6.45, 7) is 5.36. The third-order valence-corrected chi connectivity index (χ3v) is 3.44. The Hall–Kier alpha value is -1.26. The van der Waals surface area contributed by atoms with Crippen molar-refractivity contribution in [1.29, 1.82) is 0 Å². The molecule has 1 N–H and O–H groups in total. The van der Waals surface area contributed by atoms with Crippen LogP contribution in [0, 0.1) is 5.92 Å². The van der Waals surface area contributed by atoms with Gasteiger partial charge in [0.2, 0.25) is 0 Å². The van der Waals surface area contributed by atoms with Crippen molar-refractivity contribution in [3.05, 3.63) is 0 Å². The molecule has 1 heterocycles. The quantitative estimate of drug-likeness (QED) is 0.761. The summed E-state index contributed by atoms with van der Waals surface area (Å²) in [6, 6.07) is -0.639. The van der Waals surface area contributed by atoms with E-state index in [1.165, 1.54) is 4.90 Å². The molecule has 2 aliphatic rings. The number of piperidine rings is 1. The van der Waals surface area contributed by atoms with Crippen LogP contribution in [0.15, 0.2) is 0 Å². The van der Waals surface area contributed by atoms with Crippen molar-refractivity contribution in [2.75, 3.05) is 0 Å². The number of nitrogens with zero attached hydrogens (tertiary/aromatic N) is 1. The van der Waals surface area contributed by atoms with Crippen LogP contribution in [-0.4, -0.2) is 39.8 Å². The fourth-order valence-corrected chi connectivity index (χ4v) is 2.88. The Morgan fingerprint density at radius 1 is 1.29 bits per heavy atom. The molecule has 96 valence electrons. The standard InChI is InChI=1S/C12H19NO4/c1-12(2,3)17-11(16)13-8-5-4-7(6-8)9(13)10(14)15/h7-9H,4-6H2,1-3H3,(H,14,15)/t7-,8-,9-/m1/s1. The minimum Gasteiger partial charge on any atom is -0.480 e. The Bertz CT molecular complexity index is 347. The molecule has 2 rings (SSSR count). The van der Waals surface area contributed by atoms with Crippen LogP contribution >= 0.6 is 0 Å². The second-order valence-corrected chi connectivity index (χ2v) is 5.90. The maximum Gasteiger partial charge on any atom is 0.411 e. The monoisotopic (exact) mass is 241 g/mol.